The number of carbonyl (C=O) groups is 1. The predicted octanol–water partition coefficient (Wildman–Crippen LogP) is 2.37. The smallest absolute Gasteiger partial charge is 0.339 e. The molecule has 2 rings (SSSR count). The second-order valence-electron chi connectivity index (χ2n) is 3.32. The van der Waals surface area contributed by atoms with Crippen molar-refractivity contribution < 1.29 is 14.3 Å². The summed E-state index contributed by atoms with van der Waals surface area (Å²) < 4.78 is 5.35. The van der Waals surface area contributed by atoms with E-state index in [1.54, 1.807) is 31.6 Å². The molecule has 0 amide bonds. The number of hydrogen-bond acceptors (Lipinski definition) is 5. The molecule has 2 aromatic heterocycles. The van der Waals surface area contributed by atoms with Crippen molar-refractivity contribution >= 4 is 17.7 Å². The molecule has 6 heteroatoms. The number of carboxylic acid groups (broad SMARTS) is 1. The van der Waals surface area contributed by atoms with Gasteiger partial charge in [0.1, 0.15) is 22.1 Å². The summed E-state index contributed by atoms with van der Waals surface area (Å²) in [5.74, 6) is 0.608. The van der Waals surface area contributed by atoms with E-state index < -0.39 is 5.97 Å². The quantitative estimate of drug-likeness (QED) is 0.839. The van der Waals surface area contributed by atoms with Crippen LogP contribution < -0.4 is 0 Å². The van der Waals surface area contributed by atoms with E-state index in [9.17, 15) is 4.79 Å². The van der Waals surface area contributed by atoms with E-state index in [1.165, 1.54) is 11.8 Å². The van der Waals surface area contributed by atoms with Crippen LogP contribution in [-0.2, 0) is 5.75 Å². The van der Waals surface area contributed by atoms with Gasteiger partial charge >= 0.3 is 5.97 Å². The van der Waals surface area contributed by atoms with Gasteiger partial charge in [0.05, 0.1) is 11.9 Å². The lowest BCUT2D eigenvalue weighted by atomic mass is 10.2. The van der Waals surface area contributed by atoms with Crippen molar-refractivity contribution in [1.82, 2.24) is 9.97 Å². The molecule has 0 saturated heterocycles. The first-order valence-electron chi connectivity index (χ1n) is 4.88. The third-order valence-corrected chi connectivity index (χ3v) is 3.04. The highest BCUT2D eigenvalue weighted by atomic mass is 32.2. The van der Waals surface area contributed by atoms with E-state index in [4.69, 9.17) is 9.52 Å². The van der Waals surface area contributed by atoms with Gasteiger partial charge in [0.25, 0.3) is 0 Å². The summed E-state index contributed by atoms with van der Waals surface area (Å²) in [7, 11) is 0. The minimum atomic E-state index is -0.970. The molecule has 0 spiro atoms. The Balaban J connectivity index is 2.05. The van der Waals surface area contributed by atoms with E-state index >= 15 is 0 Å². The van der Waals surface area contributed by atoms with Crippen LogP contribution in [0.4, 0.5) is 0 Å². The fraction of sp³-hybridized carbons (Fsp3) is 0.182. The van der Waals surface area contributed by atoms with Crippen LogP contribution in [0.3, 0.4) is 0 Å². The zero-order chi connectivity index (χ0) is 12.3. The van der Waals surface area contributed by atoms with Crippen molar-refractivity contribution in [2.24, 2.45) is 0 Å². The highest BCUT2D eigenvalue weighted by molar-refractivity contribution is 7.98. The molecule has 0 aromatic carbocycles. The molecule has 0 aliphatic rings. The Kier molecular flexibility index (Phi) is 3.43. The van der Waals surface area contributed by atoms with Crippen LogP contribution in [-0.4, -0.2) is 21.0 Å². The lowest BCUT2D eigenvalue weighted by molar-refractivity contribution is 0.0695. The number of carboxylic acids is 1. The van der Waals surface area contributed by atoms with E-state index in [-0.39, 0.29) is 5.56 Å². The van der Waals surface area contributed by atoms with Crippen molar-refractivity contribution in [2.75, 3.05) is 0 Å². The summed E-state index contributed by atoms with van der Waals surface area (Å²) >= 11 is 1.45. The number of hydrogen-bond donors (Lipinski definition) is 1. The molecule has 2 heterocycles. The first kappa shape index (κ1) is 11.7. The van der Waals surface area contributed by atoms with Gasteiger partial charge in [-0.3, -0.25) is 4.98 Å². The van der Waals surface area contributed by atoms with Gasteiger partial charge in [-0.15, -0.1) is 0 Å². The zero-order valence-corrected chi connectivity index (χ0v) is 9.90. The van der Waals surface area contributed by atoms with Gasteiger partial charge in [0, 0.05) is 12.4 Å². The van der Waals surface area contributed by atoms with Crippen molar-refractivity contribution in [3.63, 3.8) is 0 Å². The Hall–Kier alpha value is -1.82. The summed E-state index contributed by atoms with van der Waals surface area (Å²) in [6.45, 7) is 1.64. The van der Waals surface area contributed by atoms with Gasteiger partial charge in [-0.05, 0) is 13.0 Å². The topological polar surface area (TPSA) is 76.2 Å². The highest BCUT2D eigenvalue weighted by Crippen LogP contribution is 2.23. The van der Waals surface area contributed by atoms with E-state index in [0.29, 0.717) is 17.3 Å². The number of nitrogens with zero attached hydrogens (tertiary/aromatic N) is 2. The molecule has 1 N–H and O–H groups in total. The molecule has 0 atom stereocenters. The maximum Gasteiger partial charge on any atom is 0.339 e. The van der Waals surface area contributed by atoms with Crippen LogP contribution in [0.25, 0.3) is 0 Å². The molecule has 0 bridgehead atoms. The fourth-order valence-corrected chi connectivity index (χ4v) is 2.04. The van der Waals surface area contributed by atoms with E-state index in [0.717, 1.165) is 5.03 Å². The summed E-state index contributed by atoms with van der Waals surface area (Å²) in [5, 5.41) is 9.65. The van der Waals surface area contributed by atoms with Crippen molar-refractivity contribution in [1.29, 1.82) is 0 Å². The second kappa shape index (κ2) is 5.01. The van der Waals surface area contributed by atoms with Crippen LogP contribution in [0.15, 0.2) is 34.1 Å². The largest absolute Gasteiger partial charge is 0.478 e. The predicted molar refractivity (Wildman–Crippen MR) is 62.0 cm³/mol. The number of furan rings is 1. The van der Waals surface area contributed by atoms with Crippen LogP contribution in [0.5, 0.6) is 0 Å². The summed E-state index contributed by atoms with van der Waals surface area (Å²) in [6, 6.07) is 1.54. The van der Waals surface area contributed by atoms with Gasteiger partial charge in [-0.1, -0.05) is 11.8 Å². The molecule has 2 aromatic rings. The Morgan fingerprint density at radius 2 is 2.35 bits per heavy atom. The van der Waals surface area contributed by atoms with Crippen molar-refractivity contribution in [3.8, 4) is 0 Å². The molecule has 0 radical (unpaired) electrons. The molecule has 5 nitrogen and oxygen atoms in total. The van der Waals surface area contributed by atoms with Gasteiger partial charge in [-0.2, -0.15) is 0 Å². The SMILES string of the molecule is Cc1oc(CSc2cnccn2)cc1C(=O)O. The summed E-state index contributed by atoms with van der Waals surface area (Å²) in [4.78, 5) is 18.9. The minimum Gasteiger partial charge on any atom is -0.478 e. The molecular formula is C11H10N2O3S. The zero-order valence-electron chi connectivity index (χ0n) is 9.08. The maximum absolute atomic E-state index is 10.8. The number of rotatable bonds is 4. The number of aromatic nitrogens is 2. The Morgan fingerprint density at radius 1 is 1.53 bits per heavy atom. The molecule has 0 fully saturated rings. The molecular weight excluding hydrogens is 240 g/mol. The molecule has 0 unspecified atom stereocenters. The molecule has 17 heavy (non-hydrogen) atoms. The number of aromatic carboxylic acids is 1. The van der Waals surface area contributed by atoms with Crippen LogP contribution in [0, 0.1) is 6.92 Å². The lowest BCUT2D eigenvalue weighted by Gasteiger charge is -1.96. The lowest BCUT2D eigenvalue weighted by Crippen LogP contribution is -1.94. The Bertz CT molecular complexity index is 525. The Labute approximate surface area is 102 Å². The van der Waals surface area contributed by atoms with E-state index in [1.807, 2.05) is 0 Å². The van der Waals surface area contributed by atoms with Gasteiger partial charge < -0.3 is 9.52 Å². The minimum absolute atomic E-state index is 0.208. The summed E-state index contributed by atoms with van der Waals surface area (Å²) in [5.41, 5.74) is 0.208. The second-order valence-corrected chi connectivity index (χ2v) is 4.32. The van der Waals surface area contributed by atoms with Crippen molar-refractivity contribution in [3.05, 3.63) is 41.7 Å². The van der Waals surface area contributed by atoms with Gasteiger partial charge in [-0.25, -0.2) is 9.78 Å². The number of aryl methyl sites for hydroxylation is 1. The van der Waals surface area contributed by atoms with Gasteiger partial charge in [0.2, 0.25) is 0 Å². The third kappa shape index (κ3) is 2.85. The monoisotopic (exact) mass is 250 g/mol. The third-order valence-electron chi connectivity index (χ3n) is 2.10. The maximum atomic E-state index is 10.8. The Morgan fingerprint density at radius 3 is 2.94 bits per heavy atom. The van der Waals surface area contributed by atoms with Crippen LogP contribution >= 0.6 is 11.8 Å². The average Bonchev–Trinajstić information content (AvgIpc) is 2.69. The molecule has 0 aliphatic carbocycles. The standard InChI is InChI=1S/C11H10N2O3S/c1-7-9(11(14)15)4-8(16-7)6-17-10-5-12-2-3-13-10/h2-5H,6H2,1H3,(H,14,15). The molecule has 88 valence electrons. The van der Waals surface area contributed by atoms with Crippen LogP contribution in [0.2, 0.25) is 0 Å². The number of thioether (sulfide) groups is 1. The van der Waals surface area contributed by atoms with Crippen LogP contribution in [0.1, 0.15) is 21.9 Å². The average molecular weight is 250 g/mol. The summed E-state index contributed by atoms with van der Waals surface area (Å²) in [6.07, 6.45) is 4.86. The first-order chi connectivity index (χ1) is 8.16. The van der Waals surface area contributed by atoms with Gasteiger partial charge in [0.15, 0.2) is 0 Å². The van der Waals surface area contributed by atoms with Crippen molar-refractivity contribution in [2.45, 2.75) is 17.7 Å². The fourth-order valence-electron chi connectivity index (χ4n) is 1.33. The van der Waals surface area contributed by atoms with E-state index in [2.05, 4.69) is 9.97 Å². The normalized spacial score (nSPS) is 10.4. The molecule has 0 saturated carbocycles. The first-order valence-corrected chi connectivity index (χ1v) is 5.87. The highest BCUT2D eigenvalue weighted by Gasteiger charge is 2.13. The molecule has 0 aliphatic heterocycles.